The van der Waals surface area contributed by atoms with Gasteiger partial charge in [-0.3, -0.25) is 4.79 Å². The Balaban J connectivity index is 1.66. The predicted octanol–water partition coefficient (Wildman–Crippen LogP) is 3.77. The Bertz CT molecular complexity index is 983. The van der Waals surface area contributed by atoms with E-state index in [0.29, 0.717) is 36.2 Å². The van der Waals surface area contributed by atoms with E-state index in [2.05, 4.69) is 5.10 Å². The van der Waals surface area contributed by atoms with Gasteiger partial charge in [0.1, 0.15) is 0 Å². The van der Waals surface area contributed by atoms with Crippen LogP contribution in [0.3, 0.4) is 0 Å². The molecule has 0 radical (unpaired) electrons. The molecule has 0 aliphatic carbocycles. The van der Waals surface area contributed by atoms with Crippen LogP contribution < -0.4 is 15.0 Å². The second-order valence-electron chi connectivity index (χ2n) is 6.05. The highest BCUT2D eigenvalue weighted by molar-refractivity contribution is 6.30. The number of hydrogen-bond donors (Lipinski definition) is 0. The molecule has 6 heteroatoms. The van der Waals surface area contributed by atoms with Crippen molar-refractivity contribution in [2.24, 2.45) is 0 Å². The molecule has 0 amide bonds. The number of hydrogen-bond acceptors (Lipinski definition) is 4. The molecule has 26 heavy (non-hydrogen) atoms. The van der Waals surface area contributed by atoms with Gasteiger partial charge in [-0.2, -0.15) is 5.10 Å². The molecule has 5 nitrogen and oxygen atoms in total. The average Bonchev–Trinajstić information content (AvgIpc) is 2.90. The quantitative estimate of drug-likeness (QED) is 0.706. The second kappa shape index (κ2) is 7.22. The summed E-state index contributed by atoms with van der Waals surface area (Å²) in [5, 5.41) is 5.17. The first-order valence-electron chi connectivity index (χ1n) is 8.42. The lowest BCUT2D eigenvalue weighted by Gasteiger charge is -2.10. The third kappa shape index (κ3) is 3.58. The van der Waals surface area contributed by atoms with Gasteiger partial charge in [-0.15, -0.1) is 0 Å². The summed E-state index contributed by atoms with van der Waals surface area (Å²) < 4.78 is 12.8. The van der Waals surface area contributed by atoms with E-state index in [9.17, 15) is 4.79 Å². The molecule has 1 aliphatic heterocycles. The number of rotatable bonds is 3. The van der Waals surface area contributed by atoms with Crippen LogP contribution in [0.5, 0.6) is 11.5 Å². The topological polar surface area (TPSA) is 53.4 Å². The molecule has 0 fully saturated rings. The van der Waals surface area contributed by atoms with Gasteiger partial charge in [-0.1, -0.05) is 23.7 Å². The lowest BCUT2D eigenvalue weighted by molar-refractivity contribution is 0.297. The van der Waals surface area contributed by atoms with E-state index < -0.39 is 0 Å². The summed E-state index contributed by atoms with van der Waals surface area (Å²) in [6.45, 7) is 1.66. The first-order chi connectivity index (χ1) is 12.7. The Labute approximate surface area is 155 Å². The third-order valence-electron chi connectivity index (χ3n) is 4.16. The molecule has 4 rings (SSSR count). The molecule has 0 saturated heterocycles. The fraction of sp³-hybridized carbons (Fsp3) is 0.200. The number of halogens is 1. The molecule has 0 bridgehead atoms. The summed E-state index contributed by atoms with van der Waals surface area (Å²) in [5.41, 5.74) is 2.38. The van der Waals surface area contributed by atoms with Crippen LogP contribution >= 0.6 is 11.6 Å². The summed E-state index contributed by atoms with van der Waals surface area (Å²) in [6, 6.07) is 16.3. The van der Waals surface area contributed by atoms with Crippen molar-refractivity contribution in [3.63, 3.8) is 0 Å². The van der Waals surface area contributed by atoms with Crippen LogP contribution in [-0.2, 0) is 6.54 Å². The fourth-order valence-corrected chi connectivity index (χ4v) is 2.93. The first-order valence-corrected chi connectivity index (χ1v) is 8.79. The van der Waals surface area contributed by atoms with Crippen LogP contribution in [0, 0.1) is 0 Å². The van der Waals surface area contributed by atoms with Crippen LogP contribution in [0.25, 0.3) is 11.3 Å². The first kappa shape index (κ1) is 16.7. The van der Waals surface area contributed by atoms with Crippen molar-refractivity contribution in [1.29, 1.82) is 0 Å². The molecular formula is C20H17ClN2O3. The fourth-order valence-electron chi connectivity index (χ4n) is 2.80. The van der Waals surface area contributed by atoms with Crippen molar-refractivity contribution in [3.05, 3.63) is 75.5 Å². The Morgan fingerprint density at radius 2 is 1.73 bits per heavy atom. The van der Waals surface area contributed by atoms with E-state index in [1.54, 1.807) is 18.2 Å². The zero-order valence-corrected chi connectivity index (χ0v) is 14.8. The van der Waals surface area contributed by atoms with Gasteiger partial charge in [0.25, 0.3) is 5.56 Å². The van der Waals surface area contributed by atoms with Gasteiger partial charge >= 0.3 is 0 Å². The SMILES string of the molecule is O=c1ccc(-c2ccc3c(c2)OCCCO3)nn1Cc1ccc(Cl)cc1. The van der Waals surface area contributed by atoms with Crippen molar-refractivity contribution < 1.29 is 9.47 Å². The van der Waals surface area contributed by atoms with Crippen molar-refractivity contribution in [2.45, 2.75) is 13.0 Å². The minimum atomic E-state index is -0.155. The van der Waals surface area contributed by atoms with Crippen LogP contribution in [0.15, 0.2) is 59.4 Å². The van der Waals surface area contributed by atoms with Crippen molar-refractivity contribution in [3.8, 4) is 22.8 Å². The van der Waals surface area contributed by atoms with E-state index >= 15 is 0 Å². The Morgan fingerprint density at radius 3 is 2.54 bits per heavy atom. The lowest BCUT2D eigenvalue weighted by Crippen LogP contribution is -2.22. The molecule has 0 saturated carbocycles. The van der Waals surface area contributed by atoms with Gasteiger partial charge in [-0.05, 0) is 42.0 Å². The zero-order valence-electron chi connectivity index (χ0n) is 14.0. The van der Waals surface area contributed by atoms with Crippen LogP contribution in [0.4, 0.5) is 0 Å². The highest BCUT2D eigenvalue weighted by Gasteiger charge is 2.12. The van der Waals surface area contributed by atoms with Gasteiger partial charge in [0, 0.05) is 23.1 Å². The van der Waals surface area contributed by atoms with Gasteiger partial charge < -0.3 is 9.47 Å². The number of ether oxygens (including phenoxy) is 2. The average molecular weight is 369 g/mol. The van der Waals surface area contributed by atoms with Gasteiger partial charge in [0.15, 0.2) is 11.5 Å². The molecule has 0 unspecified atom stereocenters. The van der Waals surface area contributed by atoms with Gasteiger partial charge in [0.2, 0.25) is 0 Å². The molecule has 0 atom stereocenters. The van der Waals surface area contributed by atoms with E-state index in [-0.39, 0.29) is 5.56 Å². The molecular weight excluding hydrogens is 352 g/mol. The summed E-state index contributed by atoms with van der Waals surface area (Å²) >= 11 is 5.91. The summed E-state index contributed by atoms with van der Waals surface area (Å²) in [5.74, 6) is 1.44. The van der Waals surface area contributed by atoms with E-state index in [0.717, 1.165) is 23.3 Å². The molecule has 2 heterocycles. The van der Waals surface area contributed by atoms with E-state index in [1.807, 2.05) is 30.3 Å². The zero-order chi connectivity index (χ0) is 17.9. The summed E-state index contributed by atoms with van der Waals surface area (Å²) in [7, 11) is 0. The van der Waals surface area contributed by atoms with E-state index in [1.165, 1.54) is 10.7 Å². The molecule has 1 aromatic heterocycles. The Morgan fingerprint density at radius 1 is 0.962 bits per heavy atom. The lowest BCUT2D eigenvalue weighted by atomic mass is 10.1. The summed E-state index contributed by atoms with van der Waals surface area (Å²) in [4.78, 5) is 12.2. The highest BCUT2D eigenvalue weighted by atomic mass is 35.5. The van der Waals surface area contributed by atoms with E-state index in [4.69, 9.17) is 21.1 Å². The number of aromatic nitrogens is 2. The highest BCUT2D eigenvalue weighted by Crippen LogP contribution is 2.33. The largest absolute Gasteiger partial charge is 0.490 e. The number of fused-ring (bicyclic) bond motifs is 1. The maximum atomic E-state index is 12.2. The van der Waals surface area contributed by atoms with Crippen molar-refractivity contribution >= 4 is 11.6 Å². The maximum absolute atomic E-state index is 12.2. The van der Waals surface area contributed by atoms with Crippen LogP contribution in [0.1, 0.15) is 12.0 Å². The number of benzene rings is 2. The molecule has 2 aromatic carbocycles. The molecule has 132 valence electrons. The molecule has 1 aliphatic rings. The van der Waals surface area contributed by atoms with Crippen molar-refractivity contribution in [1.82, 2.24) is 9.78 Å². The minimum absolute atomic E-state index is 0.155. The maximum Gasteiger partial charge on any atom is 0.267 e. The Hall–Kier alpha value is -2.79. The predicted molar refractivity (Wildman–Crippen MR) is 100 cm³/mol. The minimum Gasteiger partial charge on any atom is -0.490 e. The van der Waals surface area contributed by atoms with Crippen LogP contribution in [0.2, 0.25) is 5.02 Å². The summed E-state index contributed by atoms with van der Waals surface area (Å²) in [6.07, 6.45) is 0.855. The standard InChI is InChI=1S/C20H17ClN2O3/c21-16-5-2-14(3-6-16)13-23-20(24)9-7-17(22-23)15-4-8-18-19(12-15)26-11-1-10-25-18/h2-9,12H,1,10-11,13H2. The van der Waals surface area contributed by atoms with Crippen LogP contribution in [-0.4, -0.2) is 23.0 Å². The molecule has 0 N–H and O–H groups in total. The number of nitrogens with zero attached hydrogens (tertiary/aromatic N) is 2. The Kier molecular flexibility index (Phi) is 4.63. The molecule has 0 spiro atoms. The monoisotopic (exact) mass is 368 g/mol. The van der Waals surface area contributed by atoms with Gasteiger partial charge in [-0.25, -0.2) is 4.68 Å². The smallest absolute Gasteiger partial charge is 0.267 e. The van der Waals surface area contributed by atoms with Crippen molar-refractivity contribution in [2.75, 3.05) is 13.2 Å². The van der Waals surface area contributed by atoms with Gasteiger partial charge in [0.05, 0.1) is 25.5 Å². The molecule has 3 aromatic rings. The normalized spacial score (nSPS) is 13.3. The second-order valence-corrected chi connectivity index (χ2v) is 6.49. The third-order valence-corrected chi connectivity index (χ3v) is 4.41.